The van der Waals surface area contributed by atoms with Crippen LogP contribution in [0, 0.1) is 11.3 Å². The fourth-order valence-corrected chi connectivity index (χ4v) is 4.36. The monoisotopic (exact) mass is 436 g/mol. The average Bonchev–Trinajstić information content (AvgIpc) is 3.06. The first-order valence-corrected chi connectivity index (χ1v) is 11.9. The molecule has 4 nitrogen and oxygen atoms in total. The molecule has 0 aliphatic heterocycles. The summed E-state index contributed by atoms with van der Waals surface area (Å²) in [5.74, 6) is 0. The van der Waals surface area contributed by atoms with Crippen molar-refractivity contribution < 1.29 is 0 Å². The molecule has 0 aliphatic carbocycles. The van der Waals surface area contributed by atoms with Crippen LogP contribution in [0.5, 0.6) is 0 Å². The first-order chi connectivity index (χ1) is 15.2. The minimum absolute atomic E-state index is 0.667. The molecule has 0 saturated carbocycles. The van der Waals surface area contributed by atoms with E-state index in [9.17, 15) is 5.26 Å². The topological polar surface area (TPSA) is 53.6 Å². The van der Waals surface area contributed by atoms with Crippen LogP contribution >= 0.6 is 11.6 Å². The largest absolute Gasteiger partial charge is 0.342 e. The molecule has 3 rings (SSSR count). The first-order valence-electron chi connectivity index (χ1n) is 11.5. The van der Waals surface area contributed by atoms with Gasteiger partial charge in [-0.3, -0.25) is 4.98 Å². The molecule has 1 N–H and O–H groups in total. The van der Waals surface area contributed by atoms with Gasteiger partial charge in [0, 0.05) is 42.0 Å². The lowest BCUT2D eigenvalue weighted by atomic mass is 10.1. The van der Waals surface area contributed by atoms with Crippen LogP contribution in [0.3, 0.4) is 0 Å². The lowest BCUT2D eigenvalue weighted by Crippen LogP contribution is -2.14. The number of halogens is 1. The molecule has 0 saturated heterocycles. The maximum Gasteiger partial charge on any atom is 0.102 e. The quantitative estimate of drug-likeness (QED) is 0.311. The summed E-state index contributed by atoms with van der Waals surface area (Å²) in [6.07, 6.45) is 14.4. The van der Waals surface area contributed by atoms with E-state index in [1.54, 1.807) is 0 Å². The van der Waals surface area contributed by atoms with E-state index in [1.807, 2.05) is 42.2 Å². The third kappa shape index (κ3) is 6.09. The normalized spacial score (nSPS) is 11.2. The number of aryl methyl sites for hydroxylation is 1. The molecular formula is C26H33ClN4. The Bertz CT molecular complexity index is 1030. The Labute approximate surface area is 191 Å². The number of benzene rings is 1. The number of aromatic nitrogens is 2. The van der Waals surface area contributed by atoms with Crippen molar-refractivity contribution in [2.24, 2.45) is 7.05 Å². The molecule has 2 aromatic heterocycles. The molecule has 0 amide bonds. The number of nitriles is 1. The summed E-state index contributed by atoms with van der Waals surface area (Å²) in [6, 6.07) is 10.2. The first kappa shape index (κ1) is 23.3. The predicted octanol–water partition coefficient (Wildman–Crippen LogP) is 7.00. The van der Waals surface area contributed by atoms with E-state index in [0.29, 0.717) is 10.6 Å². The Morgan fingerprint density at radius 2 is 1.77 bits per heavy atom. The number of nitrogens with zero attached hydrogens (tertiary/aromatic N) is 3. The summed E-state index contributed by atoms with van der Waals surface area (Å²) >= 11 is 6.18. The van der Waals surface area contributed by atoms with E-state index in [4.69, 9.17) is 11.6 Å². The zero-order chi connectivity index (χ0) is 22.1. The van der Waals surface area contributed by atoms with Gasteiger partial charge < -0.3 is 9.88 Å². The van der Waals surface area contributed by atoms with E-state index in [-0.39, 0.29) is 0 Å². The van der Waals surface area contributed by atoms with Crippen molar-refractivity contribution in [3.63, 3.8) is 0 Å². The Hall–Kier alpha value is -2.35. The lowest BCUT2D eigenvalue weighted by molar-refractivity contribution is 0.555. The minimum Gasteiger partial charge on any atom is -0.342 e. The van der Waals surface area contributed by atoms with Crippen LogP contribution in [0.15, 0.2) is 36.7 Å². The van der Waals surface area contributed by atoms with Crippen LogP contribution in [-0.4, -0.2) is 16.1 Å². The summed E-state index contributed by atoms with van der Waals surface area (Å²) in [5.41, 5.74) is 4.59. The summed E-state index contributed by atoms with van der Waals surface area (Å²) in [4.78, 5) is 4.44. The Morgan fingerprint density at radius 1 is 1.03 bits per heavy atom. The molecule has 0 spiro atoms. The molecule has 0 unspecified atom stereocenters. The molecule has 0 atom stereocenters. The highest BCUT2D eigenvalue weighted by molar-refractivity contribution is 6.31. The molecule has 0 aliphatic rings. The molecule has 0 fully saturated rings. The van der Waals surface area contributed by atoms with Crippen molar-refractivity contribution in [1.82, 2.24) is 14.9 Å². The van der Waals surface area contributed by atoms with Gasteiger partial charge in [0.15, 0.2) is 0 Å². The molecule has 31 heavy (non-hydrogen) atoms. The van der Waals surface area contributed by atoms with Gasteiger partial charge in [0.1, 0.15) is 6.07 Å². The highest BCUT2D eigenvalue weighted by Gasteiger charge is 2.17. The minimum atomic E-state index is 0.667. The fourth-order valence-electron chi connectivity index (χ4n) is 4.19. The highest BCUT2D eigenvalue weighted by Crippen LogP contribution is 2.33. The second kappa shape index (κ2) is 11.9. The van der Waals surface area contributed by atoms with Crippen molar-refractivity contribution in [2.45, 2.75) is 64.8 Å². The van der Waals surface area contributed by atoms with Crippen molar-refractivity contribution in [3.05, 3.63) is 52.8 Å². The van der Waals surface area contributed by atoms with Crippen LogP contribution < -0.4 is 5.32 Å². The third-order valence-electron chi connectivity index (χ3n) is 5.88. The summed E-state index contributed by atoms with van der Waals surface area (Å²) in [5, 5.41) is 14.9. The van der Waals surface area contributed by atoms with Crippen molar-refractivity contribution in [3.8, 4) is 17.3 Å². The maximum atomic E-state index is 9.81. The van der Waals surface area contributed by atoms with E-state index >= 15 is 0 Å². The van der Waals surface area contributed by atoms with Gasteiger partial charge in [-0.15, -0.1) is 0 Å². The van der Waals surface area contributed by atoms with Crippen LogP contribution in [-0.2, 0) is 13.6 Å². The van der Waals surface area contributed by atoms with Gasteiger partial charge in [0.25, 0.3) is 0 Å². The average molecular weight is 437 g/mol. The van der Waals surface area contributed by atoms with Crippen LogP contribution in [0.4, 0.5) is 0 Å². The van der Waals surface area contributed by atoms with Gasteiger partial charge in [-0.2, -0.15) is 5.26 Å². The molecule has 5 heteroatoms. The Balaban J connectivity index is 1.58. The van der Waals surface area contributed by atoms with Crippen molar-refractivity contribution in [1.29, 1.82) is 5.26 Å². The molecule has 0 radical (unpaired) electrons. The van der Waals surface area contributed by atoms with Gasteiger partial charge in [-0.1, -0.05) is 63.5 Å². The SMILES string of the molecule is CCCCCCCCCCNCc1cncc(-c2c(C#N)c3ccc(Cl)cc3n2C)c1. The van der Waals surface area contributed by atoms with Gasteiger partial charge in [0.2, 0.25) is 0 Å². The summed E-state index contributed by atoms with van der Waals surface area (Å²) < 4.78 is 2.04. The zero-order valence-electron chi connectivity index (χ0n) is 18.8. The molecule has 1 aromatic carbocycles. The Kier molecular flexibility index (Phi) is 8.94. The van der Waals surface area contributed by atoms with Crippen LogP contribution in [0.1, 0.15) is 69.4 Å². The van der Waals surface area contributed by atoms with Gasteiger partial charge in [0.05, 0.1) is 16.8 Å². The number of nitrogens with one attached hydrogen (secondary N) is 1. The van der Waals surface area contributed by atoms with E-state index in [2.05, 4.69) is 29.4 Å². The van der Waals surface area contributed by atoms with Crippen LogP contribution in [0.25, 0.3) is 22.2 Å². The van der Waals surface area contributed by atoms with Gasteiger partial charge in [-0.25, -0.2) is 0 Å². The predicted molar refractivity (Wildman–Crippen MR) is 130 cm³/mol. The maximum absolute atomic E-state index is 9.81. The smallest absolute Gasteiger partial charge is 0.102 e. The number of pyridine rings is 1. The standard InChI is InChI=1S/C26H33ClN4/c1-3-4-5-6-7-8-9-10-13-29-17-20-14-21(19-30-18-20)26-24(16-28)23-12-11-22(27)15-25(23)31(26)2/h11-12,14-15,18-19,29H,3-10,13,17H2,1-2H3. The molecule has 2 heterocycles. The molecule has 0 bridgehead atoms. The van der Waals surface area contributed by atoms with Gasteiger partial charge in [-0.05, 0) is 42.8 Å². The number of hydrogen-bond acceptors (Lipinski definition) is 3. The van der Waals surface area contributed by atoms with E-state index in [1.165, 1.54) is 51.4 Å². The van der Waals surface area contributed by atoms with Crippen molar-refractivity contribution in [2.75, 3.05) is 6.54 Å². The zero-order valence-corrected chi connectivity index (χ0v) is 19.5. The summed E-state index contributed by atoms with van der Waals surface area (Å²) in [7, 11) is 1.97. The number of unbranched alkanes of at least 4 members (excludes halogenated alkanes) is 7. The van der Waals surface area contributed by atoms with Crippen LogP contribution in [0.2, 0.25) is 5.02 Å². The fraction of sp³-hybridized carbons (Fsp3) is 0.462. The third-order valence-corrected chi connectivity index (χ3v) is 6.11. The van der Waals surface area contributed by atoms with Crippen molar-refractivity contribution >= 4 is 22.5 Å². The second-order valence-corrected chi connectivity index (χ2v) is 8.73. The number of rotatable bonds is 12. The molecular weight excluding hydrogens is 404 g/mol. The number of fused-ring (bicyclic) bond motifs is 1. The lowest BCUT2D eigenvalue weighted by Gasteiger charge is -2.09. The second-order valence-electron chi connectivity index (χ2n) is 8.29. The highest BCUT2D eigenvalue weighted by atomic mass is 35.5. The van der Waals surface area contributed by atoms with E-state index in [0.717, 1.165) is 40.8 Å². The number of hydrogen-bond donors (Lipinski definition) is 1. The molecule has 3 aromatic rings. The molecule has 164 valence electrons. The Morgan fingerprint density at radius 3 is 2.52 bits per heavy atom. The summed E-state index contributed by atoms with van der Waals surface area (Å²) in [6.45, 7) is 4.07. The van der Waals surface area contributed by atoms with E-state index < -0.39 is 0 Å². The van der Waals surface area contributed by atoms with Gasteiger partial charge >= 0.3 is 0 Å².